The third-order valence-corrected chi connectivity index (χ3v) is 4.02. The van der Waals surface area contributed by atoms with Gasteiger partial charge in [-0.2, -0.15) is 0 Å². The molecule has 3 rings (SSSR count). The highest BCUT2D eigenvalue weighted by atomic mass is 16.5. The molecule has 2 N–H and O–H groups in total. The molecule has 2 aromatic carbocycles. The molecule has 0 aliphatic heterocycles. The zero-order chi connectivity index (χ0) is 14.0. The quantitative estimate of drug-likeness (QED) is 0.921. The topological polar surface area (TPSA) is 35.2 Å². The molecule has 104 valence electrons. The largest absolute Gasteiger partial charge is 0.493 e. The zero-order valence-electron chi connectivity index (χ0n) is 11.9. The maximum absolute atomic E-state index is 6.72. The third kappa shape index (κ3) is 2.32. The summed E-state index contributed by atoms with van der Waals surface area (Å²) in [6, 6.07) is 16.7. The summed E-state index contributed by atoms with van der Waals surface area (Å²) in [6.07, 6.45) is 2.78. The molecule has 0 fully saturated rings. The predicted octanol–water partition coefficient (Wildman–Crippen LogP) is 3.43. The first-order chi connectivity index (χ1) is 9.73. The number of hydrogen-bond donors (Lipinski definition) is 1. The van der Waals surface area contributed by atoms with Gasteiger partial charge in [-0.15, -0.1) is 0 Å². The fourth-order valence-electron chi connectivity index (χ4n) is 3.05. The van der Waals surface area contributed by atoms with Gasteiger partial charge in [0.15, 0.2) is 0 Å². The molecule has 0 atom stereocenters. The van der Waals surface area contributed by atoms with Crippen molar-refractivity contribution in [2.45, 2.75) is 31.7 Å². The van der Waals surface area contributed by atoms with Gasteiger partial charge in [-0.05, 0) is 36.5 Å². The Morgan fingerprint density at radius 2 is 1.60 bits per heavy atom. The highest BCUT2D eigenvalue weighted by Gasteiger charge is 2.36. The average molecular weight is 267 g/mol. The van der Waals surface area contributed by atoms with Crippen LogP contribution in [0.2, 0.25) is 0 Å². The predicted molar refractivity (Wildman–Crippen MR) is 81.9 cm³/mol. The van der Waals surface area contributed by atoms with Crippen LogP contribution in [0.25, 0.3) is 0 Å². The Kier molecular flexibility index (Phi) is 3.49. The van der Waals surface area contributed by atoms with Crippen LogP contribution in [0.15, 0.2) is 48.5 Å². The number of nitrogens with two attached hydrogens (primary N) is 1. The summed E-state index contributed by atoms with van der Waals surface area (Å²) < 4.78 is 5.88. The number of para-hydroxylation sites is 1. The molecule has 0 bridgehead atoms. The van der Waals surface area contributed by atoms with Gasteiger partial charge in [0.05, 0.1) is 12.1 Å². The Balaban J connectivity index is 1.94. The molecule has 20 heavy (non-hydrogen) atoms. The SMILES string of the molecule is CCCOc1ccccc1C1(N)Cc2ccccc2C1. The van der Waals surface area contributed by atoms with Crippen molar-refractivity contribution in [1.29, 1.82) is 0 Å². The standard InChI is InChI=1S/C18H21NO/c1-2-11-20-17-10-6-5-9-16(17)18(19)12-14-7-3-4-8-15(14)13-18/h3-10H,2,11-13,19H2,1H3. The van der Waals surface area contributed by atoms with Gasteiger partial charge >= 0.3 is 0 Å². The lowest BCUT2D eigenvalue weighted by molar-refractivity contribution is 0.304. The van der Waals surface area contributed by atoms with E-state index < -0.39 is 0 Å². The highest BCUT2D eigenvalue weighted by Crippen LogP contribution is 2.39. The van der Waals surface area contributed by atoms with Crippen LogP contribution in [0.3, 0.4) is 0 Å². The number of rotatable bonds is 4. The van der Waals surface area contributed by atoms with Crippen molar-refractivity contribution in [3.05, 3.63) is 65.2 Å². The number of benzene rings is 2. The van der Waals surface area contributed by atoms with Crippen LogP contribution in [0.5, 0.6) is 5.75 Å². The third-order valence-electron chi connectivity index (χ3n) is 4.02. The molecule has 2 nitrogen and oxygen atoms in total. The van der Waals surface area contributed by atoms with Crippen molar-refractivity contribution >= 4 is 0 Å². The van der Waals surface area contributed by atoms with Gasteiger partial charge in [0.2, 0.25) is 0 Å². The summed E-state index contributed by atoms with van der Waals surface area (Å²) in [6.45, 7) is 2.85. The average Bonchev–Trinajstić information content (AvgIpc) is 2.82. The number of fused-ring (bicyclic) bond motifs is 1. The Morgan fingerprint density at radius 1 is 1.00 bits per heavy atom. The van der Waals surface area contributed by atoms with Gasteiger partial charge in [0.1, 0.15) is 5.75 Å². The molecule has 0 spiro atoms. The van der Waals surface area contributed by atoms with Gasteiger partial charge in [-0.3, -0.25) is 0 Å². The summed E-state index contributed by atoms with van der Waals surface area (Å²) in [5.41, 5.74) is 10.2. The van der Waals surface area contributed by atoms with Crippen LogP contribution < -0.4 is 10.5 Å². The molecule has 2 aromatic rings. The fourth-order valence-corrected chi connectivity index (χ4v) is 3.05. The normalized spacial score (nSPS) is 15.9. The van der Waals surface area contributed by atoms with E-state index in [2.05, 4.69) is 37.3 Å². The Morgan fingerprint density at radius 3 is 2.25 bits per heavy atom. The first-order valence-electron chi connectivity index (χ1n) is 7.31. The van der Waals surface area contributed by atoms with Gasteiger partial charge in [0.25, 0.3) is 0 Å². The van der Waals surface area contributed by atoms with E-state index in [1.807, 2.05) is 18.2 Å². The maximum atomic E-state index is 6.72. The first kappa shape index (κ1) is 13.2. The smallest absolute Gasteiger partial charge is 0.124 e. The van der Waals surface area contributed by atoms with Crippen LogP contribution in [0.4, 0.5) is 0 Å². The van der Waals surface area contributed by atoms with E-state index in [1.165, 1.54) is 11.1 Å². The summed E-state index contributed by atoms with van der Waals surface area (Å²) >= 11 is 0. The fraction of sp³-hybridized carbons (Fsp3) is 0.333. The van der Waals surface area contributed by atoms with Crippen LogP contribution in [-0.2, 0) is 18.4 Å². The number of ether oxygens (including phenoxy) is 1. The highest BCUT2D eigenvalue weighted by molar-refractivity contribution is 5.46. The second-order valence-electron chi connectivity index (χ2n) is 5.62. The monoisotopic (exact) mass is 267 g/mol. The van der Waals surface area contributed by atoms with Crippen LogP contribution in [-0.4, -0.2) is 6.61 Å². The summed E-state index contributed by atoms with van der Waals surface area (Å²) in [5, 5.41) is 0. The second kappa shape index (κ2) is 5.29. The minimum absolute atomic E-state index is 0.339. The Labute approximate surface area is 120 Å². The molecule has 0 heterocycles. The van der Waals surface area contributed by atoms with Gasteiger partial charge < -0.3 is 10.5 Å². The molecule has 2 heteroatoms. The molecule has 0 amide bonds. The van der Waals surface area contributed by atoms with Crippen molar-refractivity contribution in [2.75, 3.05) is 6.61 Å². The Hall–Kier alpha value is -1.80. The molecule has 0 unspecified atom stereocenters. The van der Waals surface area contributed by atoms with Crippen molar-refractivity contribution in [3.63, 3.8) is 0 Å². The van der Waals surface area contributed by atoms with E-state index in [1.54, 1.807) is 0 Å². The summed E-state index contributed by atoms with van der Waals surface area (Å²) in [7, 11) is 0. The minimum atomic E-state index is -0.339. The van der Waals surface area contributed by atoms with E-state index in [9.17, 15) is 0 Å². The molecule has 0 saturated heterocycles. The van der Waals surface area contributed by atoms with Gasteiger partial charge in [-0.1, -0.05) is 49.4 Å². The van der Waals surface area contributed by atoms with E-state index in [0.717, 1.165) is 37.2 Å². The maximum Gasteiger partial charge on any atom is 0.124 e. The van der Waals surface area contributed by atoms with Crippen LogP contribution >= 0.6 is 0 Å². The van der Waals surface area contributed by atoms with E-state index in [-0.39, 0.29) is 5.54 Å². The van der Waals surface area contributed by atoms with Crippen molar-refractivity contribution in [2.24, 2.45) is 5.73 Å². The summed E-state index contributed by atoms with van der Waals surface area (Å²) in [5.74, 6) is 0.935. The van der Waals surface area contributed by atoms with E-state index in [4.69, 9.17) is 10.5 Å². The molecule has 0 aromatic heterocycles. The minimum Gasteiger partial charge on any atom is -0.493 e. The first-order valence-corrected chi connectivity index (χ1v) is 7.31. The number of hydrogen-bond acceptors (Lipinski definition) is 2. The van der Waals surface area contributed by atoms with Crippen molar-refractivity contribution in [3.8, 4) is 5.75 Å². The van der Waals surface area contributed by atoms with Crippen LogP contribution in [0, 0.1) is 0 Å². The van der Waals surface area contributed by atoms with Gasteiger partial charge in [0, 0.05) is 5.56 Å². The second-order valence-corrected chi connectivity index (χ2v) is 5.62. The summed E-state index contributed by atoms with van der Waals surface area (Å²) in [4.78, 5) is 0. The zero-order valence-corrected chi connectivity index (χ0v) is 11.9. The Bertz CT molecular complexity index is 581. The van der Waals surface area contributed by atoms with Crippen LogP contribution in [0.1, 0.15) is 30.0 Å². The molecule has 0 saturated carbocycles. The van der Waals surface area contributed by atoms with E-state index in [0.29, 0.717) is 0 Å². The lowest BCUT2D eigenvalue weighted by atomic mass is 9.87. The lowest BCUT2D eigenvalue weighted by Gasteiger charge is -2.26. The molecule has 0 radical (unpaired) electrons. The molecule has 1 aliphatic carbocycles. The van der Waals surface area contributed by atoms with Gasteiger partial charge in [-0.25, -0.2) is 0 Å². The molecule has 1 aliphatic rings. The molecular formula is C18H21NO. The molecular weight excluding hydrogens is 246 g/mol. The van der Waals surface area contributed by atoms with Crippen molar-refractivity contribution in [1.82, 2.24) is 0 Å². The van der Waals surface area contributed by atoms with Crippen molar-refractivity contribution < 1.29 is 4.74 Å². The lowest BCUT2D eigenvalue weighted by Crippen LogP contribution is -2.37. The van der Waals surface area contributed by atoms with E-state index >= 15 is 0 Å².